The highest BCUT2D eigenvalue weighted by atomic mass is 16.5. The summed E-state index contributed by atoms with van der Waals surface area (Å²) >= 11 is 0. The largest absolute Gasteiger partial charge is 0.508 e. The van der Waals surface area contributed by atoms with Crippen molar-refractivity contribution in [2.24, 2.45) is 5.73 Å². The first-order chi connectivity index (χ1) is 19.4. The minimum absolute atomic E-state index is 0.0832. The van der Waals surface area contributed by atoms with Crippen LogP contribution in [0.2, 0.25) is 0 Å². The van der Waals surface area contributed by atoms with Crippen molar-refractivity contribution in [3.63, 3.8) is 0 Å². The number of alkyl carbamates (subject to hydrolysis) is 1. The van der Waals surface area contributed by atoms with Gasteiger partial charge in [0.2, 0.25) is 5.91 Å². The van der Waals surface area contributed by atoms with Gasteiger partial charge >= 0.3 is 12.1 Å². The van der Waals surface area contributed by atoms with Gasteiger partial charge in [0.05, 0.1) is 0 Å². The van der Waals surface area contributed by atoms with Gasteiger partial charge in [0.1, 0.15) is 18.4 Å². The van der Waals surface area contributed by atoms with E-state index in [-0.39, 0.29) is 31.9 Å². The molecule has 40 heavy (non-hydrogen) atoms. The summed E-state index contributed by atoms with van der Waals surface area (Å²) in [5.74, 6) is -0.577. The summed E-state index contributed by atoms with van der Waals surface area (Å²) in [6.45, 7) is 0.461. The maximum absolute atomic E-state index is 13.5. The number of ether oxygens (including phenoxy) is 1. The lowest BCUT2D eigenvalue weighted by Crippen LogP contribution is -2.49. The van der Waals surface area contributed by atoms with E-state index in [4.69, 9.17) is 10.5 Å². The highest BCUT2D eigenvalue weighted by Gasteiger charge is 2.28. The van der Waals surface area contributed by atoms with Crippen LogP contribution in [-0.2, 0) is 22.7 Å². The van der Waals surface area contributed by atoms with Gasteiger partial charge in [0.25, 0.3) is 0 Å². The standard InChI is InChI=1S/C31H32N4O5/c32-29(37)28(11-6-18-33-31(39)40-21-23-7-2-1-3-8-23)35(20-22-12-16-27(36)17-13-22)30(38)34-26-15-14-24-9-4-5-10-25(24)19-26/h1-5,7-10,12-17,19,28,36H,6,11,18,20-21H2,(H2,32,37)(H,33,39)(H,34,38)/t28-/m1/s1. The van der Waals surface area contributed by atoms with Gasteiger partial charge in [-0.2, -0.15) is 0 Å². The summed E-state index contributed by atoms with van der Waals surface area (Å²) < 4.78 is 5.22. The van der Waals surface area contributed by atoms with E-state index < -0.39 is 24.1 Å². The van der Waals surface area contributed by atoms with E-state index in [0.29, 0.717) is 17.7 Å². The lowest BCUT2D eigenvalue weighted by Gasteiger charge is -2.30. The zero-order valence-corrected chi connectivity index (χ0v) is 22.0. The number of benzene rings is 4. The number of rotatable bonds is 11. The average Bonchev–Trinajstić information content (AvgIpc) is 2.96. The summed E-state index contributed by atoms with van der Waals surface area (Å²) in [6.07, 6.45) is 0.0236. The Labute approximate surface area is 232 Å². The normalized spacial score (nSPS) is 11.4. The fraction of sp³-hybridized carbons (Fsp3) is 0.194. The van der Waals surface area contributed by atoms with E-state index in [1.807, 2.05) is 66.7 Å². The highest BCUT2D eigenvalue weighted by Crippen LogP contribution is 2.21. The fourth-order valence-electron chi connectivity index (χ4n) is 4.30. The molecule has 0 aliphatic heterocycles. The van der Waals surface area contributed by atoms with Gasteiger partial charge in [0.15, 0.2) is 0 Å². The van der Waals surface area contributed by atoms with E-state index in [2.05, 4.69) is 10.6 Å². The van der Waals surface area contributed by atoms with Crippen LogP contribution >= 0.6 is 0 Å². The number of phenolic OH excluding ortho intramolecular Hbond substituents is 1. The van der Waals surface area contributed by atoms with Crippen LogP contribution in [0.5, 0.6) is 5.75 Å². The molecule has 4 aromatic carbocycles. The van der Waals surface area contributed by atoms with E-state index >= 15 is 0 Å². The number of urea groups is 1. The maximum atomic E-state index is 13.5. The Kier molecular flexibility index (Phi) is 9.55. The number of aromatic hydroxyl groups is 1. The topological polar surface area (TPSA) is 134 Å². The van der Waals surface area contributed by atoms with Crippen molar-refractivity contribution in [3.05, 3.63) is 108 Å². The van der Waals surface area contributed by atoms with E-state index in [1.54, 1.807) is 18.2 Å². The van der Waals surface area contributed by atoms with Crippen LogP contribution in [0.15, 0.2) is 97.1 Å². The molecule has 0 spiro atoms. The number of hydrogen-bond donors (Lipinski definition) is 4. The molecule has 1 atom stereocenters. The third-order valence-corrected chi connectivity index (χ3v) is 6.39. The first kappa shape index (κ1) is 28.0. The van der Waals surface area contributed by atoms with Crippen molar-refractivity contribution >= 4 is 34.5 Å². The number of nitrogens with one attached hydrogen (secondary N) is 2. The second-order valence-electron chi connectivity index (χ2n) is 9.34. The van der Waals surface area contributed by atoms with Gasteiger partial charge in [-0.25, -0.2) is 9.59 Å². The molecule has 0 radical (unpaired) electrons. The number of fused-ring (bicyclic) bond motifs is 1. The van der Waals surface area contributed by atoms with Crippen molar-refractivity contribution in [1.82, 2.24) is 10.2 Å². The first-order valence-corrected chi connectivity index (χ1v) is 13.0. The first-order valence-electron chi connectivity index (χ1n) is 13.0. The molecule has 4 amide bonds. The molecule has 0 unspecified atom stereocenters. The minimum Gasteiger partial charge on any atom is -0.508 e. The number of nitrogens with zero attached hydrogens (tertiary/aromatic N) is 1. The molecule has 0 bridgehead atoms. The molecular weight excluding hydrogens is 508 g/mol. The smallest absolute Gasteiger partial charge is 0.407 e. The lowest BCUT2D eigenvalue weighted by atomic mass is 10.1. The van der Waals surface area contributed by atoms with Crippen LogP contribution in [-0.4, -0.2) is 40.6 Å². The van der Waals surface area contributed by atoms with Crippen LogP contribution in [0.4, 0.5) is 15.3 Å². The molecule has 5 N–H and O–H groups in total. The van der Waals surface area contributed by atoms with E-state index in [0.717, 1.165) is 16.3 Å². The molecule has 0 aliphatic rings. The minimum atomic E-state index is -0.948. The Morgan fingerprint density at radius 3 is 2.27 bits per heavy atom. The molecule has 0 fully saturated rings. The Bertz CT molecular complexity index is 1440. The van der Waals surface area contributed by atoms with Crippen LogP contribution in [0, 0.1) is 0 Å². The number of amides is 4. The van der Waals surface area contributed by atoms with Crippen molar-refractivity contribution in [2.45, 2.75) is 32.0 Å². The molecule has 0 heterocycles. The monoisotopic (exact) mass is 540 g/mol. The van der Waals surface area contributed by atoms with Crippen molar-refractivity contribution in [3.8, 4) is 5.75 Å². The van der Waals surface area contributed by atoms with Crippen molar-refractivity contribution < 1.29 is 24.2 Å². The second-order valence-corrected chi connectivity index (χ2v) is 9.34. The van der Waals surface area contributed by atoms with Crippen molar-refractivity contribution in [2.75, 3.05) is 11.9 Å². The Morgan fingerprint density at radius 1 is 0.850 bits per heavy atom. The van der Waals surface area contributed by atoms with Crippen LogP contribution in [0.25, 0.3) is 10.8 Å². The molecule has 0 aromatic heterocycles. The molecule has 0 saturated carbocycles. The van der Waals surface area contributed by atoms with Gasteiger partial charge in [-0.1, -0.05) is 72.8 Å². The number of primary amides is 1. The Hall–Kier alpha value is -5.05. The molecule has 4 rings (SSSR count). The number of carbonyl (C=O) groups is 3. The summed E-state index contributed by atoms with van der Waals surface area (Å²) in [4.78, 5) is 39.5. The summed E-state index contributed by atoms with van der Waals surface area (Å²) in [7, 11) is 0. The number of phenols is 1. The second kappa shape index (κ2) is 13.7. The molecule has 0 saturated heterocycles. The molecule has 0 aliphatic carbocycles. The van der Waals surface area contributed by atoms with Crippen molar-refractivity contribution in [1.29, 1.82) is 0 Å². The Balaban J connectivity index is 1.41. The van der Waals surface area contributed by atoms with E-state index in [1.165, 1.54) is 17.0 Å². The van der Waals surface area contributed by atoms with Crippen LogP contribution in [0.3, 0.4) is 0 Å². The molecule has 9 nitrogen and oxygen atoms in total. The average molecular weight is 541 g/mol. The maximum Gasteiger partial charge on any atom is 0.407 e. The zero-order valence-electron chi connectivity index (χ0n) is 22.0. The number of hydrogen-bond acceptors (Lipinski definition) is 5. The van der Waals surface area contributed by atoms with Gasteiger partial charge in [-0.05, 0) is 59.0 Å². The third-order valence-electron chi connectivity index (χ3n) is 6.39. The summed E-state index contributed by atoms with van der Waals surface area (Å²) in [5.41, 5.74) is 7.91. The number of anilines is 1. The van der Waals surface area contributed by atoms with Gasteiger partial charge in [-0.15, -0.1) is 0 Å². The van der Waals surface area contributed by atoms with Gasteiger partial charge in [-0.3, -0.25) is 4.79 Å². The quantitative estimate of drug-likeness (QED) is 0.196. The number of nitrogens with two attached hydrogens (primary N) is 1. The van der Waals surface area contributed by atoms with Gasteiger partial charge in [0, 0.05) is 18.8 Å². The molecule has 206 valence electrons. The SMILES string of the molecule is NC(=O)[C@@H](CCCNC(=O)OCc1ccccc1)N(Cc1ccc(O)cc1)C(=O)Nc1ccc2ccccc2c1. The predicted octanol–water partition coefficient (Wildman–Crippen LogP) is 5.14. The van der Waals surface area contributed by atoms with Gasteiger partial charge < -0.3 is 31.1 Å². The molecule has 4 aromatic rings. The third kappa shape index (κ3) is 7.97. The van der Waals surface area contributed by atoms with Crippen LogP contribution in [0.1, 0.15) is 24.0 Å². The van der Waals surface area contributed by atoms with E-state index in [9.17, 15) is 19.5 Å². The number of carbonyl (C=O) groups excluding carboxylic acids is 3. The van der Waals surface area contributed by atoms with Crippen LogP contribution < -0.4 is 16.4 Å². The predicted molar refractivity (Wildman–Crippen MR) is 153 cm³/mol. The Morgan fingerprint density at radius 2 is 1.55 bits per heavy atom. The zero-order chi connectivity index (χ0) is 28.3. The summed E-state index contributed by atoms with van der Waals surface area (Å²) in [5, 5.41) is 17.2. The highest BCUT2D eigenvalue weighted by molar-refractivity contribution is 5.95. The molecular formula is C31H32N4O5. The summed E-state index contributed by atoms with van der Waals surface area (Å²) in [6, 6.07) is 27.6. The fourth-order valence-corrected chi connectivity index (χ4v) is 4.30. The molecule has 9 heteroatoms. The lowest BCUT2D eigenvalue weighted by molar-refractivity contribution is -0.122.